The van der Waals surface area contributed by atoms with Crippen LogP contribution in [-0.2, 0) is 9.59 Å². The highest BCUT2D eigenvalue weighted by atomic mass is 16.2. The second-order valence-corrected chi connectivity index (χ2v) is 14.1. The number of hydrogen-bond acceptors (Lipinski definition) is 2. The highest BCUT2D eigenvalue weighted by molar-refractivity contribution is 6.12. The summed E-state index contributed by atoms with van der Waals surface area (Å²) < 4.78 is 0. The Labute approximate surface area is 262 Å². The lowest BCUT2D eigenvalue weighted by Gasteiger charge is -2.44. The SMILES string of the molecule is CCCCCCCCC1C(CCCCCC)CCC(CCCCCCCCN2C(=O)C=CC2=O)C1CCCCCCC. The second-order valence-electron chi connectivity index (χ2n) is 14.1. The molecule has 1 heterocycles. The van der Waals surface area contributed by atoms with Crippen LogP contribution in [0.1, 0.15) is 194 Å². The van der Waals surface area contributed by atoms with E-state index in [4.69, 9.17) is 0 Å². The van der Waals surface area contributed by atoms with Crippen LogP contribution in [0.2, 0.25) is 0 Å². The molecule has 2 aliphatic rings. The third-order valence-electron chi connectivity index (χ3n) is 10.7. The molecule has 0 saturated heterocycles. The van der Waals surface area contributed by atoms with Crippen LogP contribution in [0, 0.1) is 23.7 Å². The van der Waals surface area contributed by atoms with E-state index in [1.165, 1.54) is 178 Å². The number of rotatable bonds is 27. The highest BCUT2D eigenvalue weighted by Crippen LogP contribution is 2.47. The third-order valence-corrected chi connectivity index (χ3v) is 10.7. The smallest absolute Gasteiger partial charge is 0.253 e. The van der Waals surface area contributed by atoms with Crippen molar-refractivity contribution in [3.05, 3.63) is 12.2 Å². The van der Waals surface area contributed by atoms with Gasteiger partial charge < -0.3 is 0 Å². The average Bonchev–Trinajstić information content (AvgIpc) is 3.31. The van der Waals surface area contributed by atoms with E-state index in [2.05, 4.69) is 20.8 Å². The molecule has 1 saturated carbocycles. The summed E-state index contributed by atoms with van der Waals surface area (Å²) in [5, 5.41) is 0. The Balaban J connectivity index is 1.83. The van der Waals surface area contributed by atoms with E-state index in [1.54, 1.807) is 0 Å². The van der Waals surface area contributed by atoms with Gasteiger partial charge in [-0.25, -0.2) is 0 Å². The molecule has 0 radical (unpaired) electrons. The van der Waals surface area contributed by atoms with Gasteiger partial charge in [0, 0.05) is 18.7 Å². The zero-order valence-electron chi connectivity index (χ0n) is 28.5. The first-order valence-corrected chi connectivity index (χ1v) is 19.2. The van der Waals surface area contributed by atoms with Gasteiger partial charge in [-0.3, -0.25) is 14.5 Å². The van der Waals surface area contributed by atoms with Gasteiger partial charge in [0.15, 0.2) is 0 Å². The van der Waals surface area contributed by atoms with Crippen molar-refractivity contribution < 1.29 is 9.59 Å². The molecule has 0 aromatic carbocycles. The molecule has 4 unspecified atom stereocenters. The lowest BCUT2D eigenvalue weighted by molar-refractivity contribution is -0.136. The molecule has 2 rings (SSSR count). The van der Waals surface area contributed by atoms with Gasteiger partial charge in [-0.05, 0) is 55.8 Å². The summed E-state index contributed by atoms with van der Waals surface area (Å²) in [6.45, 7) is 7.60. The van der Waals surface area contributed by atoms with Crippen molar-refractivity contribution in [2.75, 3.05) is 6.54 Å². The van der Waals surface area contributed by atoms with Gasteiger partial charge in [0.1, 0.15) is 0 Å². The Morgan fingerprint density at radius 1 is 0.476 bits per heavy atom. The van der Waals surface area contributed by atoms with Crippen LogP contribution in [0.4, 0.5) is 0 Å². The minimum Gasteiger partial charge on any atom is -0.275 e. The third kappa shape index (κ3) is 15.1. The Kier molecular flexibility index (Phi) is 21.4. The molecule has 3 nitrogen and oxygen atoms in total. The lowest BCUT2D eigenvalue weighted by Crippen LogP contribution is -2.35. The molecular weight excluding hydrogens is 514 g/mol. The molecule has 0 aromatic heterocycles. The fraction of sp³-hybridized carbons (Fsp3) is 0.897. The van der Waals surface area contributed by atoms with E-state index in [0.29, 0.717) is 6.54 Å². The monoisotopic (exact) mass is 586 g/mol. The van der Waals surface area contributed by atoms with Crippen LogP contribution in [0.5, 0.6) is 0 Å². The highest BCUT2D eigenvalue weighted by Gasteiger charge is 2.37. The minimum absolute atomic E-state index is 0.134. The van der Waals surface area contributed by atoms with E-state index < -0.39 is 0 Å². The molecule has 0 bridgehead atoms. The summed E-state index contributed by atoms with van der Waals surface area (Å²) in [5.74, 6) is 3.67. The van der Waals surface area contributed by atoms with Crippen molar-refractivity contribution in [1.82, 2.24) is 4.90 Å². The summed E-state index contributed by atoms with van der Waals surface area (Å²) in [4.78, 5) is 24.9. The van der Waals surface area contributed by atoms with Gasteiger partial charge in [-0.2, -0.15) is 0 Å². The number of nitrogens with zero attached hydrogens (tertiary/aromatic N) is 1. The van der Waals surface area contributed by atoms with Crippen molar-refractivity contribution >= 4 is 11.8 Å². The van der Waals surface area contributed by atoms with Gasteiger partial charge >= 0.3 is 0 Å². The number of carbonyl (C=O) groups is 2. The summed E-state index contributed by atoms with van der Waals surface area (Å²) in [6, 6.07) is 0. The number of carbonyl (C=O) groups excluding carboxylic acids is 2. The van der Waals surface area contributed by atoms with E-state index in [9.17, 15) is 9.59 Å². The Morgan fingerprint density at radius 2 is 0.810 bits per heavy atom. The average molecular weight is 586 g/mol. The Bertz CT molecular complexity index is 697. The number of unbranched alkanes of at least 4 members (excludes halogenated alkanes) is 17. The molecule has 0 N–H and O–H groups in total. The van der Waals surface area contributed by atoms with Crippen LogP contribution in [0.25, 0.3) is 0 Å². The standard InChI is InChI=1S/C39H71NO2/c1-4-7-10-13-18-23-28-37-34(25-20-12-9-6-3)29-30-35(36(37)27-22-16-11-8-5-2)26-21-17-14-15-19-24-33-40-38(41)31-32-39(40)42/h31-32,34-37H,4-30,33H2,1-3H3. The molecule has 244 valence electrons. The first-order valence-electron chi connectivity index (χ1n) is 19.2. The van der Waals surface area contributed by atoms with Crippen LogP contribution in [0.15, 0.2) is 12.2 Å². The maximum atomic E-state index is 11.7. The van der Waals surface area contributed by atoms with Gasteiger partial charge in [0.05, 0.1) is 0 Å². The van der Waals surface area contributed by atoms with Gasteiger partial charge in [0.2, 0.25) is 0 Å². The quantitative estimate of drug-likeness (QED) is 0.0710. The van der Waals surface area contributed by atoms with Crippen LogP contribution in [0.3, 0.4) is 0 Å². The van der Waals surface area contributed by atoms with E-state index in [1.807, 2.05) is 0 Å². The normalized spacial score (nSPS) is 22.5. The zero-order chi connectivity index (χ0) is 30.3. The molecule has 0 spiro atoms. The van der Waals surface area contributed by atoms with Crippen molar-refractivity contribution in [2.45, 2.75) is 194 Å². The molecule has 3 heteroatoms. The van der Waals surface area contributed by atoms with E-state index >= 15 is 0 Å². The predicted molar refractivity (Wildman–Crippen MR) is 182 cm³/mol. The number of imide groups is 1. The minimum atomic E-state index is -0.134. The largest absolute Gasteiger partial charge is 0.275 e. The number of amides is 2. The van der Waals surface area contributed by atoms with Crippen molar-refractivity contribution in [1.29, 1.82) is 0 Å². The van der Waals surface area contributed by atoms with E-state index in [-0.39, 0.29) is 11.8 Å². The topological polar surface area (TPSA) is 37.4 Å². The molecule has 42 heavy (non-hydrogen) atoms. The van der Waals surface area contributed by atoms with E-state index in [0.717, 1.165) is 36.5 Å². The molecule has 2 amide bonds. The Hall–Kier alpha value is -1.12. The lowest BCUT2D eigenvalue weighted by atomic mass is 9.61. The molecular formula is C39H71NO2. The van der Waals surface area contributed by atoms with Gasteiger partial charge in [-0.1, -0.05) is 162 Å². The summed E-state index contributed by atoms with van der Waals surface area (Å²) >= 11 is 0. The fourth-order valence-electron chi connectivity index (χ4n) is 8.18. The second kappa shape index (κ2) is 24.2. The maximum Gasteiger partial charge on any atom is 0.253 e. The molecule has 0 aromatic rings. The summed E-state index contributed by atoms with van der Waals surface area (Å²) in [7, 11) is 0. The Morgan fingerprint density at radius 3 is 1.24 bits per heavy atom. The van der Waals surface area contributed by atoms with Gasteiger partial charge in [0.25, 0.3) is 11.8 Å². The first-order chi connectivity index (χ1) is 20.6. The predicted octanol–water partition coefficient (Wildman–Crippen LogP) is 12.0. The molecule has 1 aliphatic carbocycles. The maximum absolute atomic E-state index is 11.7. The van der Waals surface area contributed by atoms with Crippen molar-refractivity contribution in [2.24, 2.45) is 23.7 Å². The van der Waals surface area contributed by atoms with Crippen LogP contribution in [-0.4, -0.2) is 23.3 Å². The first kappa shape index (κ1) is 37.1. The fourth-order valence-corrected chi connectivity index (χ4v) is 8.18. The zero-order valence-corrected chi connectivity index (χ0v) is 28.5. The van der Waals surface area contributed by atoms with Crippen LogP contribution >= 0.6 is 0 Å². The molecule has 4 atom stereocenters. The number of hydrogen-bond donors (Lipinski definition) is 0. The molecule has 1 aliphatic heterocycles. The van der Waals surface area contributed by atoms with Crippen molar-refractivity contribution in [3.8, 4) is 0 Å². The van der Waals surface area contributed by atoms with Gasteiger partial charge in [-0.15, -0.1) is 0 Å². The van der Waals surface area contributed by atoms with Crippen molar-refractivity contribution in [3.63, 3.8) is 0 Å². The summed E-state index contributed by atoms with van der Waals surface area (Å²) in [5.41, 5.74) is 0. The van der Waals surface area contributed by atoms with Crippen LogP contribution < -0.4 is 0 Å². The summed E-state index contributed by atoms with van der Waals surface area (Å²) in [6.07, 6.45) is 40.5. The molecule has 1 fully saturated rings.